The van der Waals surface area contributed by atoms with E-state index < -0.39 is 16.9 Å². The summed E-state index contributed by atoms with van der Waals surface area (Å²) in [6, 6.07) is 0. The van der Waals surface area contributed by atoms with Crippen LogP contribution in [0.15, 0.2) is 11.1 Å². The van der Waals surface area contributed by atoms with Crippen LogP contribution in [0, 0.1) is 38.4 Å². The number of aliphatic carboxylic acids is 1. The van der Waals surface area contributed by atoms with Crippen LogP contribution in [0.2, 0.25) is 0 Å². The van der Waals surface area contributed by atoms with Gasteiger partial charge in [-0.15, -0.1) is 0 Å². The fourth-order valence-corrected chi connectivity index (χ4v) is 10.4. The number of allylic oxidation sites excluding steroid dienone is 1. The van der Waals surface area contributed by atoms with Crippen molar-refractivity contribution < 1.29 is 15.0 Å². The van der Waals surface area contributed by atoms with Crippen molar-refractivity contribution in [3.05, 3.63) is 11.1 Å². The second-order valence-electron chi connectivity index (χ2n) is 15.1. The lowest BCUT2D eigenvalue weighted by Crippen LogP contribution is -2.72. The minimum absolute atomic E-state index is 0.0729. The van der Waals surface area contributed by atoms with E-state index >= 15 is 0 Å². The van der Waals surface area contributed by atoms with Gasteiger partial charge in [-0.3, -0.25) is 4.79 Å². The summed E-state index contributed by atoms with van der Waals surface area (Å²) in [7, 11) is 0. The molecule has 0 amide bonds. The molecule has 0 aliphatic heterocycles. The SMILES string of the molecule is CC1(C)[C@@H](O)CC[C@]2(C)C3=C(CC[C@@]12N)[C@@]1(C)CC[C@@]2(C)CC[C@@](C)(C(=O)O)C[C@H]2[C@]1(C)CC3. The van der Waals surface area contributed by atoms with Crippen LogP contribution < -0.4 is 5.73 Å². The first kappa shape index (κ1) is 24.8. The van der Waals surface area contributed by atoms with Gasteiger partial charge in [-0.1, -0.05) is 52.7 Å². The monoisotopic (exact) mass is 471 g/mol. The molecule has 4 nitrogen and oxygen atoms in total. The first-order valence-corrected chi connectivity index (χ1v) is 13.9. The van der Waals surface area contributed by atoms with Crippen molar-refractivity contribution in [2.75, 3.05) is 0 Å². The number of hydrogen-bond donors (Lipinski definition) is 3. The van der Waals surface area contributed by atoms with Crippen molar-refractivity contribution in [1.82, 2.24) is 0 Å². The Bertz CT molecular complexity index is 955. The number of aliphatic hydroxyl groups is 1. The predicted octanol–water partition coefficient (Wildman–Crippen LogP) is 6.46. The number of fused-ring (bicyclic) bond motifs is 6. The van der Waals surface area contributed by atoms with Crippen LogP contribution in [0.5, 0.6) is 0 Å². The number of rotatable bonds is 1. The van der Waals surface area contributed by atoms with Gasteiger partial charge in [0.15, 0.2) is 0 Å². The molecule has 0 spiro atoms. The van der Waals surface area contributed by atoms with Gasteiger partial charge in [-0.25, -0.2) is 0 Å². The molecule has 0 heterocycles. The van der Waals surface area contributed by atoms with E-state index in [4.69, 9.17) is 5.73 Å². The molecule has 0 saturated heterocycles. The Morgan fingerprint density at radius 3 is 2.06 bits per heavy atom. The standard InChI is InChI=1S/C30H49NO3/c1-24(2)22(32)10-12-28(6)20-8-11-29(7)21-18-26(4,23(33)34)15-14-25(21,3)16-17-27(29,5)19(20)9-13-30(24,28)31/h21-22,32H,8-18,31H2,1-7H3,(H,33,34)/t21-,22+,25-,26-,27-,28-,29+,30-/m1/s1. The molecule has 4 N–H and O–H groups in total. The van der Waals surface area contributed by atoms with Crippen molar-refractivity contribution in [2.45, 2.75) is 131 Å². The Balaban J connectivity index is 1.61. The van der Waals surface area contributed by atoms with E-state index in [9.17, 15) is 15.0 Å². The van der Waals surface area contributed by atoms with Gasteiger partial charge in [0.25, 0.3) is 0 Å². The Hall–Kier alpha value is -0.870. The minimum atomic E-state index is -0.609. The van der Waals surface area contributed by atoms with Gasteiger partial charge in [-0.2, -0.15) is 0 Å². The number of carboxylic acid groups (broad SMARTS) is 1. The Morgan fingerprint density at radius 1 is 0.824 bits per heavy atom. The second kappa shape index (κ2) is 6.91. The molecule has 5 aliphatic rings. The molecule has 0 aromatic rings. The first-order valence-electron chi connectivity index (χ1n) is 13.9. The van der Waals surface area contributed by atoms with Gasteiger partial charge >= 0.3 is 5.97 Å². The van der Waals surface area contributed by atoms with E-state index in [1.807, 2.05) is 6.92 Å². The van der Waals surface area contributed by atoms with Crippen molar-refractivity contribution >= 4 is 5.97 Å². The summed E-state index contributed by atoms with van der Waals surface area (Å²) in [6.07, 6.45) is 10.7. The lowest BCUT2D eigenvalue weighted by atomic mass is 9.34. The molecule has 3 saturated carbocycles. The molecule has 0 unspecified atom stereocenters. The maximum absolute atomic E-state index is 12.3. The van der Waals surface area contributed by atoms with Crippen LogP contribution in [0.1, 0.15) is 119 Å². The van der Waals surface area contributed by atoms with E-state index in [-0.39, 0.29) is 33.2 Å². The molecule has 192 valence electrons. The minimum Gasteiger partial charge on any atom is -0.481 e. The number of nitrogens with two attached hydrogens (primary N) is 1. The molecule has 0 aromatic carbocycles. The van der Waals surface area contributed by atoms with Crippen LogP contribution in [-0.4, -0.2) is 27.8 Å². The molecule has 0 bridgehead atoms. The van der Waals surface area contributed by atoms with E-state index in [1.54, 1.807) is 11.1 Å². The summed E-state index contributed by atoms with van der Waals surface area (Å²) in [4.78, 5) is 12.3. The first-order chi connectivity index (χ1) is 15.5. The highest BCUT2D eigenvalue weighted by molar-refractivity contribution is 5.74. The van der Waals surface area contributed by atoms with Gasteiger partial charge in [0, 0.05) is 16.4 Å². The number of aliphatic hydroxyl groups excluding tert-OH is 1. The topological polar surface area (TPSA) is 83.5 Å². The molecule has 34 heavy (non-hydrogen) atoms. The lowest BCUT2D eigenvalue weighted by Gasteiger charge is -2.71. The fraction of sp³-hybridized carbons (Fsp3) is 0.900. The Kier molecular flexibility index (Phi) is 5.04. The second-order valence-corrected chi connectivity index (χ2v) is 15.1. The summed E-state index contributed by atoms with van der Waals surface area (Å²) < 4.78 is 0. The predicted molar refractivity (Wildman–Crippen MR) is 136 cm³/mol. The van der Waals surface area contributed by atoms with Crippen molar-refractivity contribution in [1.29, 1.82) is 0 Å². The molecule has 5 rings (SSSR count). The molecule has 8 atom stereocenters. The molecule has 5 aliphatic carbocycles. The maximum Gasteiger partial charge on any atom is 0.309 e. The third-order valence-electron chi connectivity index (χ3n) is 13.7. The quantitative estimate of drug-likeness (QED) is 0.383. The normalized spacial score (nSPS) is 54.4. The largest absolute Gasteiger partial charge is 0.481 e. The van der Waals surface area contributed by atoms with Crippen LogP contribution in [0.4, 0.5) is 0 Å². The highest BCUT2D eigenvalue weighted by atomic mass is 16.4. The number of carbonyl (C=O) groups is 1. The molecule has 0 radical (unpaired) electrons. The molecular weight excluding hydrogens is 422 g/mol. The molecule has 4 heteroatoms. The third kappa shape index (κ3) is 2.66. The zero-order chi connectivity index (χ0) is 25.2. The Labute approximate surface area is 207 Å². The average molecular weight is 472 g/mol. The van der Waals surface area contributed by atoms with Crippen LogP contribution >= 0.6 is 0 Å². The van der Waals surface area contributed by atoms with E-state index in [0.29, 0.717) is 5.92 Å². The number of carboxylic acids is 1. The van der Waals surface area contributed by atoms with Gasteiger partial charge in [-0.05, 0) is 99.7 Å². The van der Waals surface area contributed by atoms with E-state index in [0.717, 1.165) is 57.8 Å². The summed E-state index contributed by atoms with van der Waals surface area (Å²) in [6.45, 7) is 16.3. The van der Waals surface area contributed by atoms with Crippen LogP contribution in [0.3, 0.4) is 0 Å². The molecule has 3 fully saturated rings. The number of hydrogen-bond acceptors (Lipinski definition) is 3. The zero-order valence-corrected chi connectivity index (χ0v) is 22.8. The molecule has 0 aromatic heterocycles. The van der Waals surface area contributed by atoms with Crippen LogP contribution in [0.25, 0.3) is 0 Å². The van der Waals surface area contributed by atoms with Gasteiger partial charge < -0.3 is 15.9 Å². The smallest absolute Gasteiger partial charge is 0.309 e. The third-order valence-corrected chi connectivity index (χ3v) is 13.7. The van der Waals surface area contributed by atoms with Crippen LogP contribution in [-0.2, 0) is 4.79 Å². The highest BCUT2D eigenvalue weighted by Crippen LogP contribution is 2.75. The van der Waals surface area contributed by atoms with Crippen molar-refractivity contribution in [3.8, 4) is 0 Å². The summed E-state index contributed by atoms with van der Waals surface area (Å²) in [5.41, 5.74) is 9.72. The van der Waals surface area contributed by atoms with E-state index in [1.165, 1.54) is 12.8 Å². The molecular formula is C30H49NO3. The maximum atomic E-state index is 12.3. The zero-order valence-electron chi connectivity index (χ0n) is 22.8. The lowest BCUT2D eigenvalue weighted by molar-refractivity contribution is -0.176. The summed E-state index contributed by atoms with van der Waals surface area (Å²) in [5, 5.41) is 21.1. The average Bonchev–Trinajstić information content (AvgIpc) is 2.76. The van der Waals surface area contributed by atoms with Gasteiger partial charge in [0.05, 0.1) is 11.5 Å². The Morgan fingerprint density at radius 2 is 1.41 bits per heavy atom. The van der Waals surface area contributed by atoms with E-state index in [2.05, 4.69) is 41.5 Å². The highest BCUT2D eigenvalue weighted by Gasteiger charge is 2.69. The van der Waals surface area contributed by atoms with Crippen molar-refractivity contribution in [3.63, 3.8) is 0 Å². The van der Waals surface area contributed by atoms with Gasteiger partial charge in [0.1, 0.15) is 0 Å². The summed E-state index contributed by atoms with van der Waals surface area (Å²) >= 11 is 0. The van der Waals surface area contributed by atoms with Gasteiger partial charge in [0.2, 0.25) is 0 Å². The van der Waals surface area contributed by atoms with Crippen molar-refractivity contribution in [2.24, 2.45) is 44.1 Å². The fourth-order valence-electron chi connectivity index (χ4n) is 10.4. The summed E-state index contributed by atoms with van der Waals surface area (Å²) in [5.74, 6) is -0.174.